The Morgan fingerprint density at radius 3 is 2.89 bits per heavy atom. The lowest BCUT2D eigenvalue weighted by molar-refractivity contribution is 0.355. The highest BCUT2D eigenvalue weighted by atomic mass is 32.2. The Balaban J connectivity index is 1.90. The van der Waals surface area contributed by atoms with Gasteiger partial charge in [-0.2, -0.15) is 4.31 Å². The molecule has 0 amide bonds. The SMILES string of the molecule is O=S(=O)(c1cnc[nH]1)N(Cc1ccco1)C1CC1. The Bertz CT molecular complexity index is 600. The zero-order valence-corrected chi connectivity index (χ0v) is 10.4. The number of H-pyrrole nitrogens is 1. The van der Waals surface area contributed by atoms with E-state index in [1.54, 1.807) is 18.4 Å². The molecule has 3 rings (SSSR count). The second kappa shape index (κ2) is 4.25. The predicted octanol–water partition coefficient (Wildman–Crippen LogP) is 1.36. The van der Waals surface area contributed by atoms with E-state index in [0.29, 0.717) is 5.76 Å². The Morgan fingerprint density at radius 2 is 2.33 bits per heavy atom. The van der Waals surface area contributed by atoms with E-state index in [4.69, 9.17) is 4.42 Å². The number of hydrogen-bond acceptors (Lipinski definition) is 4. The number of nitrogens with zero attached hydrogens (tertiary/aromatic N) is 2. The number of nitrogens with one attached hydrogen (secondary N) is 1. The molecule has 2 aromatic rings. The average Bonchev–Trinajstić information content (AvgIpc) is 2.87. The summed E-state index contributed by atoms with van der Waals surface area (Å²) >= 11 is 0. The lowest BCUT2D eigenvalue weighted by atomic mass is 10.4. The monoisotopic (exact) mass is 267 g/mol. The molecule has 1 aliphatic carbocycles. The quantitative estimate of drug-likeness (QED) is 0.887. The second-order valence-corrected chi connectivity index (χ2v) is 6.14. The first-order valence-corrected chi connectivity index (χ1v) is 7.14. The van der Waals surface area contributed by atoms with Crippen molar-refractivity contribution in [2.24, 2.45) is 0 Å². The first-order chi connectivity index (χ1) is 8.68. The van der Waals surface area contributed by atoms with Crippen LogP contribution in [0.1, 0.15) is 18.6 Å². The molecule has 7 heteroatoms. The summed E-state index contributed by atoms with van der Waals surface area (Å²) in [4.78, 5) is 6.41. The van der Waals surface area contributed by atoms with Crippen LogP contribution in [0, 0.1) is 0 Å². The summed E-state index contributed by atoms with van der Waals surface area (Å²) in [7, 11) is -3.52. The van der Waals surface area contributed by atoms with Crippen molar-refractivity contribution in [1.82, 2.24) is 14.3 Å². The molecular weight excluding hydrogens is 254 g/mol. The third-order valence-electron chi connectivity index (χ3n) is 2.91. The van der Waals surface area contributed by atoms with Gasteiger partial charge >= 0.3 is 0 Å². The zero-order chi connectivity index (χ0) is 12.6. The van der Waals surface area contributed by atoms with E-state index >= 15 is 0 Å². The Morgan fingerprint density at radius 1 is 1.50 bits per heavy atom. The summed E-state index contributed by atoms with van der Waals surface area (Å²) in [5, 5.41) is 0.126. The van der Waals surface area contributed by atoms with Crippen molar-refractivity contribution in [1.29, 1.82) is 0 Å². The standard InChI is InChI=1S/C11H13N3O3S/c15-18(16,11-6-12-8-13-11)14(9-3-4-9)7-10-2-1-5-17-10/h1-2,5-6,8-9H,3-4,7H2,(H,12,13). The van der Waals surface area contributed by atoms with Gasteiger partial charge in [0.15, 0.2) is 5.03 Å². The van der Waals surface area contributed by atoms with Crippen LogP contribution in [0.5, 0.6) is 0 Å². The molecule has 1 saturated carbocycles. The van der Waals surface area contributed by atoms with Crippen LogP contribution in [-0.2, 0) is 16.6 Å². The topological polar surface area (TPSA) is 79.2 Å². The fourth-order valence-electron chi connectivity index (χ4n) is 1.84. The normalized spacial score (nSPS) is 16.3. The van der Waals surface area contributed by atoms with Crippen LogP contribution >= 0.6 is 0 Å². The van der Waals surface area contributed by atoms with Crippen molar-refractivity contribution >= 4 is 10.0 Å². The number of hydrogen-bond donors (Lipinski definition) is 1. The van der Waals surface area contributed by atoms with Gasteiger partial charge < -0.3 is 9.40 Å². The van der Waals surface area contributed by atoms with Crippen molar-refractivity contribution in [3.63, 3.8) is 0 Å². The maximum atomic E-state index is 12.4. The Labute approximate surface area is 105 Å². The summed E-state index contributed by atoms with van der Waals surface area (Å²) in [6, 6.07) is 3.60. The van der Waals surface area contributed by atoms with E-state index < -0.39 is 10.0 Å². The van der Waals surface area contributed by atoms with Crippen LogP contribution in [0.25, 0.3) is 0 Å². The Hall–Kier alpha value is -1.60. The molecule has 0 spiro atoms. The fourth-order valence-corrected chi connectivity index (χ4v) is 3.39. The third-order valence-corrected chi connectivity index (χ3v) is 4.73. The highest BCUT2D eigenvalue weighted by molar-refractivity contribution is 7.89. The smallest absolute Gasteiger partial charge is 0.260 e. The number of aromatic nitrogens is 2. The lowest BCUT2D eigenvalue weighted by Crippen LogP contribution is -2.32. The summed E-state index contributed by atoms with van der Waals surface area (Å²) in [6.07, 6.45) is 6.03. The van der Waals surface area contributed by atoms with Gasteiger partial charge in [-0.25, -0.2) is 13.4 Å². The minimum absolute atomic E-state index is 0.0726. The van der Waals surface area contributed by atoms with Gasteiger partial charge in [0, 0.05) is 6.04 Å². The third kappa shape index (κ3) is 2.06. The van der Waals surface area contributed by atoms with Crippen LogP contribution in [0.4, 0.5) is 0 Å². The van der Waals surface area contributed by atoms with Gasteiger partial charge in [0.05, 0.1) is 25.3 Å². The molecule has 0 unspecified atom stereocenters. The minimum Gasteiger partial charge on any atom is -0.468 e. The molecule has 1 aliphatic rings. The van der Waals surface area contributed by atoms with Crippen molar-refractivity contribution in [2.45, 2.75) is 30.5 Å². The van der Waals surface area contributed by atoms with Crippen LogP contribution in [0.3, 0.4) is 0 Å². The highest BCUT2D eigenvalue weighted by Crippen LogP contribution is 2.32. The van der Waals surface area contributed by atoms with E-state index in [2.05, 4.69) is 9.97 Å². The number of rotatable bonds is 5. The lowest BCUT2D eigenvalue weighted by Gasteiger charge is -2.19. The van der Waals surface area contributed by atoms with Crippen molar-refractivity contribution in [2.75, 3.05) is 0 Å². The molecular formula is C11H13N3O3S. The van der Waals surface area contributed by atoms with Crippen molar-refractivity contribution < 1.29 is 12.8 Å². The maximum Gasteiger partial charge on any atom is 0.260 e. The fraction of sp³-hybridized carbons (Fsp3) is 0.364. The van der Waals surface area contributed by atoms with E-state index in [9.17, 15) is 8.42 Å². The summed E-state index contributed by atoms with van der Waals surface area (Å²) in [6.45, 7) is 0.263. The molecule has 0 aromatic carbocycles. The van der Waals surface area contributed by atoms with Gasteiger partial charge in [-0.15, -0.1) is 0 Å². The molecule has 96 valence electrons. The predicted molar refractivity (Wildman–Crippen MR) is 63.0 cm³/mol. The van der Waals surface area contributed by atoms with Gasteiger partial charge in [0.2, 0.25) is 0 Å². The maximum absolute atomic E-state index is 12.4. The van der Waals surface area contributed by atoms with E-state index in [1.807, 2.05) is 0 Å². The zero-order valence-electron chi connectivity index (χ0n) is 9.61. The molecule has 0 atom stereocenters. The summed E-state index contributed by atoms with van der Waals surface area (Å²) < 4.78 is 31.5. The van der Waals surface area contributed by atoms with Crippen LogP contribution < -0.4 is 0 Å². The number of furan rings is 1. The van der Waals surface area contributed by atoms with Gasteiger partial charge in [-0.3, -0.25) is 0 Å². The molecule has 0 saturated heterocycles. The first kappa shape index (κ1) is 11.5. The number of aromatic amines is 1. The van der Waals surface area contributed by atoms with E-state index in [0.717, 1.165) is 12.8 Å². The van der Waals surface area contributed by atoms with Crippen LogP contribution in [-0.4, -0.2) is 28.7 Å². The number of imidazole rings is 1. The molecule has 1 N–H and O–H groups in total. The van der Waals surface area contributed by atoms with E-state index in [1.165, 1.54) is 16.8 Å². The van der Waals surface area contributed by atoms with Crippen molar-refractivity contribution in [3.8, 4) is 0 Å². The van der Waals surface area contributed by atoms with Gasteiger partial charge in [-0.1, -0.05) is 0 Å². The summed E-state index contributed by atoms with van der Waals surface area (Å²) in [5.74, 6) is 0.644. The van der Waals surface area contributed by atoms with Gasteiger partial charge in [0.25, 0.3) is 10.0 Å². The van der Waals surface area contributed by atoms with Crippen molar-refractivity contribution in [3.05, 3.63) is 36.7 Å². The molecule has 1 fully saturated rings. The molecule has 0 aliphatic heterocycles. The number of sulfonamides is 1. The molecule has 6 nitrogen and oxygen atoms in total. The Kier molecular flexibility index (Phi) is 2.71. The van der Waals surface area contributed by atoms with Gasteiger partial charge in [-0.05, 0) is 25.0 Å². The van der Waals surface area contributed by atoms with Crippen LogP contribution in [0.2, 0.25) is 0 Å². The molecule has 0 radical (unpaired) electrons. The molecule has 2 aromatic heterocycles. The molecule has 2 heterocycles. The highest BCUT2D eigenvalue weighted by Gasteiger charge is 2.39. The van der Waals surface area contributed by atoms with Gasteiger partial charge in [0.1, 0.15) is 5.76 Å². The molecule has 0 bridgehead atoms. The molecule has 18 heavy (non-hydrogen) atoms. The second-order valence-electron chi connectivity index (χ2n) is 4.28. The minimum atomic E-state index is -3.52. The summed E-state index contributed by atoms with van der Waals surface area (Å²) in [5.41, 5.74) is 0. The van der Waals surface area contributed by atoms with E-state index in [-0.39, 0.29) is 17.6 Å². The largest absolute Gasteiger partial charge is 0.468 e. The average molecular weight is 267 g/mol. The van der Waals surface area contributed by atoms with Crippen LogP contribution in [0.15, 0.2) is 40.4 Å². The first-order valence-electron chi connectivity index (χ1n) is 5.70.